The third-order valence-electron chi connectivity index (χ3n) is 2.66. The van der Waals surface area contributed by atoms with Gasteiger partial charge in [-0.25, -0.2) is 0 Å². The normalized spacial score (nSPS) is 11.2. The summed E-state index contributed by atoms with van der Waals surface area (Å²) in [5.74, 6) is -0.217. The molecule has 1 aromatic rings. The maximum atomic E-state index is 11.5. The third-order valence-corrected chi connectivity index (χ3v) is 2.66. The van der Waals surface area contributed by atoms with Crippen LogP contribution in [0.2, 0.25) is 0 Å². The Morgan fingerprint density at radius 2 is 1.86 bits per heavy atom. The van der Waals surface area contributed by atoms with E-state index in [1.807, 2.05) is 20.8 Å². The SMILES string of the molecule is CC(C)(C)OC(=O)CCNCCc1ccc([N+](=O)[O-])cc1. The van der Waals surface area contributed by atoms with E-state index in [9.17, 15) is 14.9 Å². The Balaban J connectivity index is 2.19. The first-order chi connectivity index (χ1) is 9.78. The molecule has 1 N–H and O–H groups in total. The van der Waals surface area contributed by atoms with Gasteiger partial charge in [0.25, 0.3) is 5.69 Å². The summed E-state index contributed by atoms with van der Waals surface area (Å²) >= 11 is 0. The number of benzene rings is 1. The van der Waals surface area contributed by atoms with Gasteiger partial charge in [0.05, 0.1) is 11.3 Å². The summed E-state index contributed by atoms with van der Waals surface area (Å²) in [6, 6.07) is 6.48. The lowest BCUT2D eigenvalue weighted by Gasteiger charge is -2.19. The average Bonchev–Trinajstić information content (AvgIpc) is 2.36. The number of carbonyl (C=O) groups excluding carboxylic acids is 1. The number of nitro benzene ring substituents is 1. The molecule has 0 aliphatic rings. The number of carbonyl (C=O) groups is 1. The standard InChI is InChI=1S/C15H22N2O4/c1-15(2,3)21-14(18)9-11-16-10-8-12-4-6-13(7-5-12)17(19)20/h4-7,16H,8-11H2,1-3H3. The van der Waals surface area contributed by atoms with Crippen molar-refractivity contribution in [1.82, 2.24) is 5.32 Å². The maximum absolute atomic E-state index is 11.5. The predicted molar refractivity (Wildman–Crippen MR) is 80.1 cm³/mol. The third kappa shape index (κ3) is 7.41. The molecule has 0 fully saturated rings. The fourth-order valence-electron chi connectivity index (χ4n) is 1.73. The quantitative estimate of drug-likeness (QED) is 0.361. The molecule has 0 aromatic heterocycles. The van der Waals surface area contributed by atoms with E-state index in [1.165, 1.54) is 12.1 Å². The fraction of sp³-hybridized carbons (Fsp3) is 0.533. The number of hydrogen-bond acceptors (Lipinski definition) is 5. The molecule has 21 heavy (non-hydrogen) atoms. The Hall–Kier alpha value is -1.95. The van der Waals surface area contributed by atoms with E-state index in [0.29, 0.717) is 19.5 Å². The summed E-state index contributed by atoms with van der Waals surface area (Å²) in [5.41, 5.74) is 0.664. The van der Waals surface area contributed by atoms with Crippen LogP contribution in [0.3, 0.4) is 0 Å². The molecule has 6 nitrogen and oxygen atoms in total. The van der Waals surface area contributed by atoms with Gasteiger partial charge in [-0.15, -0.1) is 0 Å². The Kier molecular flexibility index (Phi) is 6.30. The smallest absolute Gasteiger partial charge is 0.307 e. The molecule has 0 atom stereocenters. The molecule has 1 rings (SSSR count). The Bertz CT molecular complexity index is 477. The lowest BCUT2D eigenvalue weighted by Crippen LogP contribution is -2.27. The van der Waals surface area contributed by atoms with Crippen LogP contribution in [0.25, 0.3) is 0 Å². The first-order valence-corrected chi connectivity index (χ1v) is 6.94. The van der Waals surface area contributed by atoms with Crippen molar-refractivity contribution in [3.8, 4) is 0 Å². The molecule has 0 saturated carbocycles. The Labute approximate surface area is 124 Å². The van der Waals surface area contributed by atoms with Crippen LogP contribution in [0.5, 0.6) is 0 Å². The zero-order chi connectivity index (χ0) is 15.9. The molecule has 0 saturated heterocycles. The molecule has 0 bridgehead atoms. The molecular weight excluding hydrogens is 272 g/mol. The topological polar surface area (TPSA) is 81.5 Å². The highest BCUT2D eigenvalue weighted by molar-refractivity contribution is 5.70. The number of ether oxygens (including phenoxy) is 1. The number of hydrogen-bond donors (Lipinski definition) is 1. The first-order valence-electron chi connectivity index (χ1n) is 6.94. The number of non-ortho nitro benzene ring substituents is 1. The second kappa shape index (κ2) is 7.73. The van der Waals surface area contributed by atoms with Crippen LogP contribution in [-0.4, -0.2) is 29.6 Å². The van der Waals surface area contributed by atoms with Gasteiger partial charge in [-0.3, -0.25) is 14.9 Å². The number of nitrogens with one attached hydrogen (secondary N) is 1. The van der Waals surface area contributed by atoms with Crippen LogP contribution in [0.15, 0.2) is 24.3 Å². The molecule has 6 heteroatoms. The van der Waals surface area contributed by atoms with Crippen LogP contribution in [0.1, 0.15) is 32.8 Å². The molecule has 0 amide bonds. The van der Waals surface area contributed by atoms with Crippen LogP contribution < -0.4 is 5.32 Å². The summed E-state index contributed by atoms with van der Waals surface area (Å²) in [6.45, 7) is 6.79. The molecule has 0 spiro atoms. The predicted octanol–water partition coefficient (Wildman–Crippen LogP) is 2.46. The van der Waals surface area contributed by atoms with Gasteiger partial charge in [0.1, 0.15) is 5.60 Å². The maximum Gasteiger partial charge on any atom is 0.307 e. The monoisotopic (exact) mass is 294 g/mol. The van der Waals surface area contributed by atoms with Crippen LogP contribution in [0, 0.1) is 10.1 Å². The van der Waals surface area contributed by atoms with E-state index in [1.54, 1.807) is 12.1 Å². The average molecular weight is 294 g/mol. The van der Waals surface area contributed by atoms with Gasteiger partial charge in [-0.2, -0.15) is 0 Å². The van der Waals surface area contributed by atoms with E-state index in [0.717, 1.165) is 12.0 Å². The number of rotatable bonds is 7. The van der Waals surface area contributed by atoms with Crippen LogP contribution in [-0.2, 0) is 16.0 Å². The Morgan fingerprint density at radius 3 is 2.38 bits per heavy atom. The van der Waals surface area contributed by atoms with E-state index in [-0.39, 0.29) is 11.7 Å². The molecule has 0 unspecified atom stereocenters. The van der Waals surface area contributed by atoms with Gasteiger partial charge in [0, 0.05) is 18.7 Å². The fourth-order valence-corrected chi connectivity index (χ4v) is 1.73. The van der Waals surface area contributed by atoms with Gasteiger partial charge < -0.3 is 10.1 Å². The Morgan fingerprint density at radius 1 is 1.24 bits per heavy atom. The minimum absolute atomic E-state index is 0.0941. The molecule has 0 radical (unpaired) electrons. The van der Waals surface area contributed by atoms with Gasteiger partial charge >= 0.3 is 5.97 Å². The lowest BCUT2D eigenvalue weighted by atomic mass is 10.1. The zero-order valence-corrected chi connectivity index (χ0v) is 12.7. The highest BCUT2D eigenvalue weighted by Gasteiger charge is 2.15. The van der Waals surface area contributed by atoms with E-state index >= 15 is 0 Å². The zero-order valence-electron chi connectivity index (χ0n) is 12.7. The minimum Gasteiger partial charge on any atom is -0.460 e. The van der Waals surface area contributed by atoms with E-state index in [2.05, 4.69) is 5.32 Å². The molecular formula is C15H22N2O4. The second-order valence-corrected chi connectivity index (χ2v) is 5.76. The second-order valence-electron chi connectivity index (χ2n) is 5.76. The summed E-state index contributed by atoms with van der Waals surface area (Å²) in [6.07, 6.45) is 1.09. The van der Waals surface area contributed by atoms with Gasteiger partial charge in [-0.05, 0) is 39.3 Å². The van der Waals surface area contributed by atoms with Gasteiger partial charge in [-0.1, -0.05) is 12.1 Å². The van der Waals surface area contributed by atoms with E-state index in [4.69, 9.17) is 4.74 Å². The first kappa shape index (κ1) is 17.1. The lowest BCUT2D eigenvalue weighted by molar-refractivity contribution is -0.384. The number of nitro groups is 1. The van der Waals surface area contributed by atoms with Crippen molar-refractivity contribution in [2.75, 3.05) is 13.1 Å². The minimum atomic E-state index is -0.449. The highest BCUT2D eigenvalue weighted by Crippen LogP contribution is 2.12. The summed E-state index contributed by atoms with van der Waals surface area (Å²) in [7, 11) is 0. The van der Waals surface area contributed by atoms with Gasteiger partial charge in [0.2, 0.25) is 0 Å². The summed E-state index contributed by atoms with van der Waals surface area (Å²) < 4.78 is 5.20. The molecule has 0 aliphatic carbocycles. The van der Waals surface area contributed by atoms with Crippen molar-refractivity contribution < 1.29 is 14.5 Å². The largest absolute Gasteiger partial charge is 0.460 e. The van der Waals surface area contributed by atoms with Crippen molar-refractivity contribution in [3.63, 3.8) is 0 Å². The van der Waals surface area contributed by atoms with E-state index < -0.39 is 10.5 Å². The molecule has 1 aromatic carbocycles. The van der Waals surface area contributed by atoms with Crippen molar-refractivity contribution in [2.45, 2.75) is 39.2 Å². The van der Waals surface area contributed by atoms with Crippen LogP contribution in [0.4, 0.5) is 5.69 Å². The van der Waals surface area contributed by atoms with Crippen molar-refractivity contribution >= 4 is 11.7 Å². The highest BCUT2D eigenvalue weighted by atomic mass is 16.6. The number of esters is 1. The molecule has 0 heterocycles. The van der Waals surface area contributed by atoms with Crippen LogP contribution >= 0.6 is 0 Å². The van der Waals surface area contributed by atoms with Crippen molar-refractivity contribution in [2.24, 2.45) is 0 Å². The van der Waals surface area contributed by atoms with Crippen molar-refractivity contribution in [3.05, 3.63) is 39.9 Å². The molecule has 116 valence electrons. The molecule has 0 aliphatic heterocycles. The van der Waals surface area contributed by atoms with Gasteiger partial charge in [0.15, 0.2) is 0 Å². The van der Waals surface area contributed by atoms with Crippen molar-refractivity contribution in [1.29, 1.82) is 0 Å². The summed E-state index contributed by atoms with van der Waals surface area (Å²) in [5, 5.41) is 13.7. The summed E-state index contributed by atoms with van der Waals surface area (Å²) in [4.78, 5) is 21.6. The number of nitrogens with zero attached hydrogens (tertiary/aromatic N) is 1.